The van der Waals surface area contributed by atoms with Crippen LogP contribution in [-0.4, -0.2) is 39.5 Å². The number of carbonyl (C=O) groups excluding carboxylic acids is 1. The first-order valence-electron chi connectivity index (χ1n) is 12.2. The monoisotopic (exact) mass is 508 g/mol. The van der Waals surface area contributed by atoms with Crippen LogP contribution in [0, 0.1) is 5.92 Å². The normalized spacial score (nSPS) is 12.0. The zero-order chi connectivity index (χ0) is 25.3. The van der Waals surface area contributed by atoms with Crippen LogP contribution in [0.15, 0.2) is 28.5 Å². The highest BCUT2D eigenvalue weighted by Gasteiger charge is 2.30. The Bertz CT molecular complexity index is 1030. The number of esters is 1. The molecule has 0 saturated carbocycles. The van der Waals surface area contributed by atoms with Crippen LogP contribution < -0.4 is 5.14 Å². The third kappa shape index (κ3) is 8.18. The van der Waals surface area contributed by atoms with Crippen LogP contribution in [0.5, 0.6) is 0 Å². The van der Waals surface area contributed by atoms with Gasteiger partial charge in [-0.3, -0.25) is 0 Å². The van der Waals surface area contributed by atoms with Gasteiger partial charge in [0.05, 0.1) is 12.2 Å². The minimum atomic E-state index is -4.02. The van der Waals surface area contributed by atoms with E-state index in [-0.39, 0.29) is 10.1 Å². The lowest BCUT2D eigenvalue weighted by Crippen LogP contribution is -2.19. The van der Waals surface area contributed by atoms with Gasteiger partial charge >= 0.3 is 5.97 Å². The molecule has 2 N–H and O–H groups in total. The molecule has 0 aliphatic rings. The maximum atomic E-state index is 13.1. The minimum Gasteiger partial charge on any atom is -0.462 e. The maximum Gasteiger partial charge on any atom is 0.339 e. The van der Waals surface area contributed by atoms with E-state index in [0.29, 0.717) is 34.6 Å². The van der Waals surface area contributed by atoms with Gasteiger partial charge in [-0.25, -0.2) is 18.4 Å². The Morgan fingerprint density at radius 1 is 1.09 bits per heavy atom. The van der Waals surface area contributed by atoms with Crippen molar-refractivity contribution in [2.45, 2.75) is 77.0 Å². The molecule has 0 aliphatic heterocycles. The number of unbranched alkanes of at least 4 members (excludes halogenated alkanes) is 3. The standard InChI is InChI=1S/C26H40N2O4S2/c1-6-8-10-15-28(5)18-20-11-13-21(14-12-20)23-24(25(29)32-16-9-7-2)22(17-19(3)4)33-26(23)34(27,30)31/h11-14,19H,6-10,15-18H2,1-5H3,(H2,27,30,31). The average Bonchev–Trinajstić information content (AvgIpc) is 3.13. The van der Waals surface area contributed by atoms with E-state index in [2.05, 4.69) is 18.9 Å². The number of carbonyl (C=O) groups is 1. The first-order valence-corrected chi connectivity index (χ1v) is 14.6. The van der Waals surface area contributed by atoms with E-state index >= 15 is 0 Å². The van der Waals surface area contributed by atoms with Crippen LogP contribution in [0.1, 0.15) is 80.6 Å². The number of benzene rings is 1. The van der Waals surface area contributed by atoms with Crippen molar-refractivity contribution in [3.8, 4) is 11.1 Å². The van der Waals surface area contributed by atoms with E-state index in [1.54, 1.807) is 0 Å². The summed E-state index contributed by atoms with van der Waals surface area (Å²) in [6.45, 7) is 10.4. The number of nitrogens with two attached hydrogens (primary N) is 1. The molecular formula is C26H40N2O4S2. The van der Waals surface area contributed by atoms with Crippen LogP contribution in [0.3, 0.4) is 0 Å². The summed E-state index contributed by atoms with van der Waals surface area (Å²) < 4.78 is 30.6. The molecule has 190 valence electrons. The van der Waals surface area contributed by atoms with E-state index in [0.717, 1.165) is 42.8 Å². The molecule has 0 unspecified atom stereocenters. The molecule has 6 nitrogen and oxygen atoms in total. The fourth-order valence-corrected chi connectivity index (χ4v) is 6.35. The van der Waals surface area contributed by atoms with Gasteiger partial charge in [0.15, 0.2) is 0 Å². The molecule has 0 aliphatic carbocycles. The van der Waals surface area contributed by atoms with Gasteiger partial charge in [-0.1, -0.05) is 71.2 Å². The van der Waals surface area contributed by atoms with Gasteiger partial charge in [0.25, 0.3) is 0 Å². The Kier molecular flexibility index (Phi) is 11.2. The summed E-state index contributed by atoms with van der Waals surface area (Å²) in [6, 6.07) is 7.75. The van der Waals surface area contributed by atoms with Crippen LogP contribution in [0.2, 0.25) is 0 Å². The summed E-state index contributed by atoms with van der Waals surface area (Å²) in [7, 11) is -1.92. The van der Waals surface area contributed by atoms with Crippen LogP contribution in [0.25, 0.3) is 11.1 Å². The lowest BCUT2D eigenvalue weighted by Gasteiger charge is -2.17. The van der Waals surface area contributed by atoms with Gasteiger partial charge in [0.1, 0.15) is 4.21 Å². The first-order chi connectivity index (χ1) is 16.1. The second-order valence-electron chi connectivity index (χ2n) is 9.34. The third-order valence-electron chi connectivity index (χ3n) is 5.57. The fraction of sp³-hybridized carbons (Fsp3) is 0.577. The lowest BCUT2D eigenvalue weighted by atomic mass is 9.98. The first kappa shape index (κ1) is 28.5. The zero-order valence-electron chi connectivity index (χ0n) is 21.2. The number of sulfonamides is 1. The van der Waals surface area contributed by atoms with Crippen molar-refractivity contribution in [1.82, 2.24) is 4.90 Å². The molecule has 2 rings (SSSR count). The predicted molar refractivity (Wildman–Crippen MR) is 141 cm³/mol. The number of nitrogens with zero attached hydrogens (tertiary/aromatic N) is 1. The quantitative estimate of drug-likeness (QED) is 0.256. The summed E-state index contributed by atoms with van der Waals surface area (Å²) in [5, 5.41) is 5.61. The largest absolute Gasteiger partial charge is 0.462 e. The van der Waals surface area contributed by atoms with Gasteiger partial charge in [0.2, 0.25) is 10.0 Å². The van der Waals surface area contributed by atoms with Gasteiger partial charge in [0, 0.05) is 17.0 Å². The molecule has 0 saturated heterocycles. The van der Waals surface area contributed by atoms with Crippen molar-refractivity contribution in [2.75, 3.05) is 20.2 Å². The number of ether oxygens (including phenoxy) is 1. The Labute approximate surface area is 209 Å². The molecule has 0 amide bonds. The molecular weight excluding hydrogens is 468 g/mol. The van der Waals surface area contributed by atoms with Gasteiger partial charge in [-0.15, -0.1) is 11.3 Å². The Hall–Kier alpha value is -1.74. The number of primary sulfonamides is 1. The highest BCUT2D eigenvalue weighted by Crippen LogP contribution is 2.41. The van der Waals surface area contributed by atoms with Gasteiger partial charge in [-0.05, 0) is 49.9 Å². The number of rotatable bonds is 14. The van der Waals surface area contributed by atoms with E-state index in [1.807, 2.05) is 45.0 Å². The summed E-state index contributed by atoms with van der Waals surface area (Å²) in [5.74, 6) is -0.238. The number of hydrogen-bond donors (Lipinski definition) is 1. The molecule has 1 aromatic carbocycles. The lowest BCUT2D eigenvalue weighted by molar-refractivity contribution is 0.0500. The molecule has 0 fully saturated rings. The molecule has 0 spiro atoms. The zero-order valence-corrected chi connectivity index (χ0v) is 22.9. The molecule has 34 heavy (non-hydrogen) atoms. The molecule has 0 atom stereocenters. The molecule has 1 aromatic heterocycles. The Morgan fingerprint density at radius 2 is 1.74 bits per heavy atom. The molecule has 2 aromatic rings. The van der Waals surface area contributed by atoms with Crippen molar-refractivity contribution < 1.29 is 17.9 Å². The maximum absolute atomic E-state index is 13.1. The summed E-state index contributed by atoms with van der Waals surface area (Å²) >= 11 is 1.09. The fourth-order valence-electron chi connectivity index (χ4n) is 3.83. The minimum absolute atomic E-state index is 0.0232. The van der Waals surface area contributed by atoms with E-state index < -0.39 is 16.0 Å². The summed E-state index contributed by atoms with van der Waals surface area (Å²) in [4.78, 5) is 16.1. The van der Waals surface area contributed by atoms with E-state index in [9.17, 15) is 13.2 Å². The molecule has 0 bridgehead atoms. The highest BCUT2D eigenvalue weighted by molar-refractivity contribution is 7.91. The van der Waals surface area contributed by atoms with Crippen molar-refractivity contribution in [3.63, 3.8) is 0 Å². The second kappa shape index (κ2) is 13.4. The summed E-state index contributed by atoms with van der Waals surface area (Å²) in [5.41, 5.74) is 2.50. The van der Waals surface area contributed by atoms with E-state index in [1.165, 1.54) is 19.3 Å². The van der Waals surface area contributed by atoms with Crippen LogP contribution in [-0.2, 0) is 27.7 Å². The van der Waals surface area contributed by atoms with Gasteiger partial charge < -0.3 is 9.64 Å². The van der Waals surface area contributed by atoms with Crippen molar-refractivity contribution in [3.05, 3.63) is 40.3 Å². The molecule has 0 radical (unpaired) electrons. The third-order valence-corrected chi connectivity index (χ3v) is 8.25. The Morgan fingerprint density at radius 3 is 2.29 bits per heavy atom. The predicted octanol–water partition coefficient (Wildman–Crippen LogP) is 5.84. The summed E-state index contributed by atoms with van der Waals surface area (Å²) in [6.07, 6.45) is 5.81. The molecule has 1 heterocycles. The van der Waals surface area contributed by atoms with Crippen LogP contribution in [0.4, 0.5) is 0 Å². The smallest absolute Gasteiger partial charge is 0.339 e. The topological polar surface area (TPSA) is 89.7 Å². The second-order valence-corrected chi connectivity index (χ2v) is 12.2. The highest BCUT2D eigenvalue weighted by atomic mass is 32.2. The van der Waals surface area contributed by atoms with Crippen molar-refractivity contribution >= 4 is 27.3 Å². The van der Waals surface area contributed by atoms with Crippen molar-refractivity contribution in [1.29, 1.82) is 0 Å². The van der Waals surface area contributed by atoms with Gasteiger partial charge in [-0.2, -0.15) is 0 Å². The van der Waals surface area contributed by atoms with Crippen molar-refractivity contribution in [2.24, 2.45) is 11.1 Å². The average molecular weight is 509 g/mol. The van der Waals surface area contributed by atoms with Crippen LogP contribution >= 0.6 is 11.3 Å². The Balaban J connectivity index is 2.47. The SMILES string of the molecule is CCCCCN(C)Cc1ccc(-c2c(S(N)(=O)=O)sc(CC(C)C)c2C(=O)OCCCC)cc1. The number of thiophene rings is 1. The van der Waals surface area contributed by atoms with E-state index in [4.69, 9.17) is 9.88 Å². The molecule has 8 heteroatoms. The number of hydrogen-bond acceptors (Lipinski definition) is 6.